The van der Waals surface area contributed by atoms with E-state index in [0.717, 1.165) is 12.0 Å². The van der Waals surface area contributed by atoms with Gasteiger partial charge in [-0.2, -0.15) is 0 Å². The van der Waals surface area contributed by atoms with Gasteiger partial charge in [-0.3, -0.25) is 14.4 Å². The van der Waals surface area contributed by atoms with Crippen LogP contribution < -0.4 is 16.0 Å². The molecule has 0 saturated heterocycles. The number of esters is 1. The number of ether oxygens (including phenoxy) is 1. The minimum Gasteiger partial charge on any atom is -0.480 e. The maximum Gasteiger partial charge on any atom is 0.329 e. The van der Waals surface area contributed by atoms with E-state index < -0.39 is 41.8 Å². The van der Waals surface area contributed by atoms with Crippen molar-refractivity contribution >= 4 is 23.8 Å². The van der Waals surface area contributed by atoms with Gasteiger partial charge >= 0.3 is 11.9 Å². The van der Waals surface area contributed by atoms with Crippen molar-refractivity contribution in [3.05, 3.63) is 35.9 Å². The molecule has 0 spiro atoms. The van der Waals surface area contributed by atoms with Crippen molar-refractivity contribution in [3.8, 4) is 0 Å². The molecule has 1 fully saturated rings. The number of carbonyl (C=O) groups excluding carboxylic acids is 3. The van der Waals surface area contributed by atoms with Crippen LogP contribution in [0.15, 0.2) is 30.3 Å². The third kappa shape index (κ3) is 7.67. The molecule has 0 unspecified atom stereocenters. The zero-order chi connectivity index (χ0) is 22.7. The second kappa shape index (κ2) is 12.0. The van der Waals surface area contributed by atoms with Crippen LogP contribution in [-0.4, -0.2) is 53.5 Å². The van der Waals surface area contributed by atoms with Crippen molar-refractivity contribution in [2.24, 2.45) is 0 Å². The Morgan fingerprint density at radius 3 is 2.39 bits per heavy atom. The molecule has 1 saturated carbocycles. The summed E-state index contributed by atoms with van der Waals surface area (Å²) in [4.78, 5) is 49.3. The number of likely N-dealkylation sites (N-methyl/N-ethyl adjacent to an activating group) is 1. The molecular formula is C22H31N3O6. The van der Waals surface area contributed by atoms with Gasteiger partial charge < -0.3 is 25.8 Å². The van der Waals surface area contributed by atoms with Crippen LogP contribution in [0.2, 0.25) is 0 Å². The van der Waals surface area contributed by atoms with Crippen LogP contribution in [0.3, 0.4) is 0 Å². The second-order valence-corrected chi connectivity index (χ2v) is 7.69. The second-order valence-electron chi connectivity index (χ2n) is 7.69. The first kappa shape index (κ1) is 24.3. The fourth-order valence-corrected chi connectivity index (χ4v) is 3.53. The maximum absolute atomic E-state index is 12.9. The van der Waals surface area contributed by atoms with E-state index in [1.54, 1.807) is 12.1 Å². The lowest BCUT2D eigenvalue weighted by atomic mass is 9.81. The Hall–Kier alpha value is -2.94. The van der Waals surface area contributed by atoms with E-state index in [2.05, 4.69) is 16.0 Å². The molecule has 170 valence electrons. The fourth-order valence-electron chi connectivity index (χ4n) is 3.53. The molecule has 1 aromatic carbocycles. The Balaban J connectivity index is 2.05. The molecule has 0 radical (unpaired) electrons. The normalized spacial score (nSPS) is 16.0. The summed E-state index contributed by atoms with van der Waals surface area (Å²) in [6.45, 7) is 2.41. The smallest absolute Gasteiger partial charge is 0.329 e. The summed E-state index contributed by atoms with van der Waals surface area (Å²) in [5.74, 6) is -2.94. The molecular weight excluding hydrogens is 402 g/mol. The zero-order valence-corrected chi connectivity index (χ0v) is 17.8. The molecule has 4 N–H and O–H groups in total. The third-order valence-corrected chi connectivity index (χ3v) is 5.28. The SMILES string of the molecule is CCNCC(=O)N[C@@H](CC(=O)OCc1ccccc1)C(=O)NC1(C(=O)O)CCCCC1. The first-order chi connectivity index (χ1) is 14.9. The topological polar surface area (TPSA) is 134 Å². The molecule has 0 aromatic heterocycles. The Morgan fingerprint density at radius 1 is 1.10 bits per heavy atom. The molecule has 1 aliphatic carbocycles. The first-order valence-electron chi connectivity index (χ1n) is 10.6. The van der Waals surface area contributed by atoms with Crippen molar-refractivity contribution in [3.63, 3.8) is 0 Å². The third-order valence-electron chi connectivity index (χ3n) is 5.28. The highest BCUT2D eigenvalue weighted by Gasteiger charge is 2.42. The summed E-state index contributed by atoms with van der Waals surface area (Å²) in [5.41, 5.74) is -0.589. The van der Waals surface area contributed by atoms with Crippen LogP contribution in [0.25, 0.3) is 0 Å². The van der Waals surface area contributed by atoms with Crippen molar-refractivity contribution in [1.82, 2.24) is 16.0 Å². The lowest BCUT2D eigenvalue weighted by molar-refractivity contribution is -0.151. The summed E-state index contributed by atoms with van der Waals surface area (Å²) >= 11 is 0. The molecule has 9 heteroatoms. The highest BCUT2D eigenvalue weighted by Crippen LogP contribution is 2.28. The Bertz CT molecular complexity index is 762. The predicted molar refractivity (Wildman–Crippen MR) is 113 cm³/mol. The van der Waals surface area contributed by atoms with Gasteiger partial charge in [-0.15, -0.1) is 0 Å². The van der Waals surface area contributed by atoms with Gasteiger partial charge in [0.05, 0.1) is 13.0 Å². The molecule has 9 nitrogen and oxygen atoms in total. The fraction of sp³-hybridized carbons (Fsp3) is 0.545. The van der Waals surface area contributed by atoms with Crippen molar-refractivity contribution in [2.45, 2.75) is 63.6 Å². The van der Waals surface area contributed by atoms with Crippen molar-refractivity contribution in [2.75, 3.05) is 13.1 Å². The van der Waals surface area contributed by atoms with Crippen molar-refractivity contribution < 1.29 is 29.0 Å². The van der Waals surface area contributed by atoms with Crippen LogP contribution in [0.5, 0.6) is 0 Å². The molecule has 31 heavy (non-hydrogen) atoms. The van der Waals surface area contributed by atoms with Gasteiger partial charge in [-0.05, 0) is 24.9 Å². The van der Waals surface area contributed by atoms with Gasteiger partial charge in [0.2, 0.25) is 11.8 Å². The van der Waals surface area contributed by atoms with E-state index in [9.17, 15) is 24.3 Å². The number of hydrogen-bond donors (Lipinski definition) is 4. The van der Waals surface area contributed by atoms with E-state index in [4.69, 9.17) is 4.74 Å². The molecule has 2 rings (SSSR count). The molecule has 1 aliphatic rings. The summed E-state index contributed by atoms with van der Waals surface area (Å²) < 4.78 is 5.23. The van der Waals surface area contributed by atoms with Gasteiger partial charge in [0.25, 0.3) is 0 Å². The Kier molecular flexibility index (Phi) is 9.45. The van der Waals surface area contributed by atoms with Crippen LogP contribution in [0.1, 0.15) is 51.0 Å². The molecule has 0 aliphatic heterocycles. The van der Waals surface area contributed by atoms with Crippen LogP contribution in [0, 0.1) is 0 Å². The number of nitrogens with one attached hydrogen (secondary N) is 3. The molecule has 1 atom stereocenters. The average Bonchev–Trinajstić information content (AvgIpc) is 2.77. The summed E-state index contributed by atoms with van der Waals surface area (Å²) in [6, 6.07) is 7.85. The summed E-state index contributed by atoms with van der Waals surface area (Å²) in [5, 5.41) is 17.7. The van der Waals surface area contributed by atoms with E-state index in [1.807, 2.05) is 25.1 Å². The largest absolute Gasteiger partial charge is 0.480 e. The van der Waals surface area contributed by atoms with Gasteiger partial charge in [-0.1, -0.05) is 56.5 Å². The highest BCUT2D eigenvalue weighted by atomic mass is 16.5. The number of amides is 2. The molecule has 0 heterocycles. The van der Waals surface area contributed by atoms with Gasteiger partial charge in [0.15, 0.2) is 0 Å². The van der Waals surface area contributed by atoms with Crippen LogP contribution in [-0.2, 0) is 30.5 Å². The number of benzene rings is 1. The summed E-state index contributed by atoms with van der Waals surface area (Å²) in [6.07, 6.45) is 2.49. The number of rotatable bonds is 11. The average molecular weight is 434 g/mol. The molecule has 1 aromatic rings. The van der Waals surface area contributed by atoms with Crippen molar-refractivity contribution in [1.29, 1.82) is 0 Å². The predicted octanol–water partition coefficient (Wildman–Crippen LogP) is 1.12. The highest BCUT2D eigenvalue weighted by molar-refractivity contribution is 5.94. The number of hydrogen-bond acceptors (Lipinski definition) is 6. The Labute approximate surface area is 181 Å². The van der Waals surface area contributed by atoms with E-state index in [1.165, 1.54) is 0 Å². The Morgan fingerprint density at radius 2 is 1.77 bits per heavy atom. The summed E-state index contributed by atoms with van der Waals surface area (Å²) in [7, 11) is 0. The molecule has 0 bridgehead atoms. The standard InChI is InChI=1S/C22H31N3O6/c1-2-23-14-18(26)24-17(13-19(27)31-15-16-9-5-3-6-10-16)20(28)25-22(21(29)30)11-7-4-8-12-22/h3,5-6,9-10,17,23H,2,4,7-8,11-15H2,1H3,(H,24,26)(H,25,28)(H,29,30)/t17-/m0/s1. The monoisotopic (exact) mass is 433 g/mol. The first-order valence-corrected chi connectivity index (χ1v) is 10.6. The minimum absolute atomic E-state index is 0.0244. The maximum atomic E-state index is 12.9. The van der Waals surface area contributed by atoms with Gasteiger partial charge in [-0.25, -0.2) is 4.79 Å². The number of carboxylic acids is 1. The van der Waals surface area contributed by atoms with Crippen LogP contribution in [0.4, 0.5) is 0 Å². The molecule has 2 amide bonds. The number of carbonyl (C=O) groups is 4. The number of aliphatic carboxylic acids is 1. The lowest BCUT2D eigenvalue weighted by Crippen LogP contribution is -2.60. The van der Waals surface area contributed by atoms with Crippen LogP contribution >= 0.6 is 0 Å². The van der Waals surface area contributed by atoms with E-state index >= 15 is 0 Å². The minimum atomic E-state index is -1.38. The van der Waals surface area contributed by atoms with Gasteiger partial charge in [0, 0.05) is 0 Å². The van der Waals surface area contributed by atoms with E-state index in [0.29, 0.717) is 32.2 Å². The number of carboxylic acid groups (broad SMARTS) is 1. The lowest BCUT2D eigenvalue weighted by Gasteiger charge is -2.35. The van der Waals surface area contributed by atoms with Gasteiger partial charge in [0.1, 0.15) is 18.2 Å². The quantitative estimate of drug-likeness (QED) is 0.384. The zero-order valence-electron chi connectivity index (χ0n) is 17.8. The van der Waals surface area contributed by atoms with E-state index in [-0.39, 0.29) is 13.2 Å².